The zero-order valence-electron chi connectivity index (χ0n) is 27.5. The van der Waals surface area contributed by atoms with Crippen LogP contribution in [0.25, 0.3) is 0 Å². The first-order valence-electron chi connectivity index (χ1n) is 17.0. The van der Waals surface area contributed by atoms with Gasteiger partial charge in [-0.3, -0.25) is 24.2 Å². The van der Waals surface area contributed by atoms with Gasteiger partial charge in [0.2, 0.25) is 17.7 Å². The normalized spacial score (nSPS) is 28.0. The summed E-state index contributed by atoms with van der Waals surface area (Å²) in [6.45, 7) is 14.8. The van der Waals surface area contributed by atoms with Crippen LogP contribution in [-0.2, 0) is 20.8 Å². The average Bonchev–Trinajstić information content (AvgIpc) is 3.01. The van der Waals surface area contributed by atoms with E-state index in [0.717, 1.165) is 50.9 Å². The lowest BCUT2D eigenvalue weighted by Crippen LogP contribution is -2.70. The van der Waals surface area contributed by atoms with Crippen LogP contribution >= 0.6 is 0 Å². The molecule has 44 heavy (non-hydrogen) atoms. The van der Waals surface area contributed by atoms with Crippen molar-refractivity contribution < 1.29 is 18.8 Å². The third-order valence-electron chi connectivity index (χ3n) is 10.7. The van der Waals surface area contributed by atoms with E-state index in [1.54, 1.807) is 12.1 Å². The van der Waals surface area contributed by atoms with Gasteiger partial charge < -0.3 is 15.5 Å². The third-order valence-corrected chi connectivity index (χ3v) is 10.7. The van der Waals surface area contributed by atoms with Crippen molar-refractivity contribution >= 4 is 17.7 Å². The van der Waals surface area contributed by atoms with Crippen molar-refractivity contribution in [3.8, 4) is 0 Å². The van der Waals surface area contributed by atoms with Gasteiger partial charge in [0, 0.05) is 57.3 Å². The van der Waals surface area contributed by atoms with E-state index in [9.17, 15) is 18.8 Å². The molecular weight excluding hydrogens is 557 g/mol. The molecule has 9 heteroatoms. The van der Waals surface area contributed by atoms with Crippen LogP contribution in [0.1, 0.15) is 85.1 Å². The summed E-state index contributed by atoms with van der Waals surface area (Å²) in [6, 6.07) is 5.58. The number of halogens is 1. The molecule has 6 rings (SSSR count). The number of hydrogen-bond acceptors (Lipinski definition) is 5. The lowest BCUT2D eigenvalue weighted by molar-refractivity contribution is -0.148. The number of nitrogens with one attached hydrogen (secondary N) is 2. The van der Waals surface area contributed by atoms with Crippen LogP contribution in [0.2, 0.25) is 0 Å². The van der Waals surface area contributed by atoms with Crippen molar-refractivity contribution in [3.63, 3.8) is 0 Å². The summed E-state index contributed by atoms with van der Waals surface area (Å²) in [5.74, 6) is 0.397. The molecule has 0 spiro atoms. The molecule has 1 saturated carbocycles. The summed E-state index contributed by atoms with van der Waals surface area (Å²) >= 11 is 0. The Morgan fingerprint density at radius 2 is 1.57 bits per heavy atom. The van der Waals surface area contributed by atoms with E-state index in [1.807, 2.05) is 25.7 Å². The second-order valence-corrected chi connectivity index (χ2v) is 15.2. The van der Waals surface area contributed by atoms with E-state index in [4.69, 9.17) is 0 Å². The molecule has 1 aliphatic carbocycles. The molecule has 5 atom stereocenters. The molecule has 4 unspecified atom stereocenters. The molecule has 4 saturated heterocycles. The predicted octanol–water partition coefficient (Wildman–Crippen LogP) is 3.98. The average molecular weight is 612 g/mol. The topological polar surface area (TPSA) is 85.0 Å². The lowest BCUT2D eigenvalue weighted by atomic mass is 9.63. The Kier molecular flexibility index (Phi) is 10.0. The number of nitrogens with zero attached hydrogens (tertiary/aromatic N) is 3. The number of benzene rings is 1. The Morgan fingerprint density at radius 3 is 2.14 bits per heavy atom. The first kappa shape index (κ1) is 32.9. The van der Waals surface area contributed by atoms with Gasteiger partial charge in [-0.25, -0.2) is 4.39 Å². The number of likely N-dealkylation sites (tertiary alicyclic amines) is 1. The Bertz CT molecular complexity index is 1170. The van der Waals surface area contributed by atoms with E-state index in [2.05, 4.69) is 34.3 Å². The first-order chi connectivity index (χ1) is 20.9. The van der Waals surface area contributed by atoms with Crippen molar-refractivity contribution in [2.45, 2.75) is 110 Å². The van der Waals surface area contributed by atoms with Gasteiger partial charge in [0.15, 0.2) is 0 Å². The molecule has 4 aliphatic heterocycles. The standard InChI is InChI=1S/C35H54FN5O3/c1-24(2)29-22-41-20-19-40(29)23-30(41)31(42)37-28(21-25-11-13-27(36)14-12-25)32(43)39-17-15-35(16-18-39,26-9-7-6-8-10-26)33(44)38-34(3,4)5/h11-14,24,26,28-30H,6-10,15-23H2,1-5H3,(H,37,42)(H,38,44)/t28-,29?,30?/m1/s1. The SMILES string of the molecule is CC(C)C1CN2CCN1CC2C(=O)N[C@H](Cc1ccc(F)cc1)C(=O)N1CCC(C(=O)NC(C)(C)C)(C2CCCCC2)CC1. The zero-order valence-corrected chi connectivity index (χ0v) is 27.5. The molecule has 5 aliphatic rings. The molecule has 4 heterocycles. The molecule has 3 amide bonds. The second-order valence-electron chi connectivity index (χ2n) is 15.2. The number of rotatable bonds is 8. The van der Waals surface area contributed by atoms with E-state index in [0.29, 0.717) is 56.8 Å². The number of amides is 3. The van der Waals surface area contributed by atoms with Crippen molar-refractivity contribution in [1.29, 1.82) is 0 Å². The smallest absolute Gasteiger partial charge is 0.245 e. The molecule has 1 aromatic rings. The Labute approximate surface area is 263 Å². The first-order valence-corrected chi connectivity index (χ1v) is 17.0. The van der Waals surface area contributed by atoms with Crippen LogP contribution in [0.3, 0.4) is 0 Å². The number of fused-ring (bicyclic) bond motifs is 3. The number of piperazine rings is 3. The number of carbonyl (C=O) groups is 3. The largest absolute Gasteiger partial charge is 0.351 e. The molecule has 0 radical (unpaired) electrons. The maximum atomic E-state index is 14.2. The zero-order chi connectivity index (χ0) is 31.6. The highest BCUT2D eigenvalue weighted by Crippen LogP contribution is 2.46. The summed E-state index contributed by atoms with van der Waals surface area (Å²) in [5, 5.41) is 6.42. The molecule has 244 valence electrons. The third kappa shape index (κ3) is 7.30. The summed E-state index contributed by atoms with van der Waals surface area (Å²) in [5.41, 5.74) is 0.00419. The Balaban J connectivity index is 1.31. The minimum atomic E-state index is -0.754. The Morgan fingerprint density at radius 1 is 0.932 bits per heavy atom. The molecule has 2 bridgehead atoms. The van der Waals surface area contributed by atoms with E-state index < -0.39 is 11.5 Å². The number of hydrogen-bond donors (Lipinski definition) is 2. The van der Waals surface area contributed by atoms with Crippen LogP contribution in [-0.4, -0.2) is 95.4 Å². The summed E-state index contributed by atoms with van der Waals surface area (Å²) in [4.78, 5) is 48.4. The summed E-state index contributed by atoms with van der Waals surface area (Å²) in [6.07, 6.45) is 7.19. The quantitative estimate of drug-likeness (QED) is 0.465. The molecule has 8 nitrogen and oxygen atoms in total. The lowest BCUT2D eigenvalue weighted by Gasteiger charge is -2.52. The van der Waals surface area contributed by atoms with Gasteiger partial charge in [0.05, 0.1) is 5.41 Å². The summed E-state index contributed by atoms with van der Waals surface area (Å²) < 4.78 is 13.7. The highest BCUT2D eigenvalue weighted by molar-refractivity contribution is 5.91. The van der Waals surface area contributed by atoms with Crippen molar-refractivity contribution in [1.82, 2.24) is 25.3 Å². The second kappa shape index (κ2) is 13.5. The maximum Gasteiger partial charge on any atom is 0.245 e. The van der Waals surface area contributed by atoms with Gasteiger partial charge >= 0.3 is 0 Å². The van der Waals surface area contributed by atoms with E-state index in [1.165, 1.54) is 18.6 Å². The van der Waals surface area contributed by atoms with Crippen molar-refractivity contribution in [2.75, 3.05) is 39.3 Å². The fourth-order valence-corrected chi connectivity index (χ4v) is 8.21. The molecule has 1 aromatic carbocycles. The van der Waals surface area contributed by atoms with E-state index in [-0.39, 0.29) is 35.1 Å². The fraction of sp³-hybridized carbons (Fsp3) is 0.743. The van der Waals surface area contributed by atoms with Crippen molar-refractivity contribution in [3.05, 3.63) is 35.6 Å². The van der Waals surface area contributed by atoms with Gasteiger partial charge in [-0.1, -0.05) is 45.2 Å². The minimum Gasteiger partial charge on any atom is -0.351 e. The maximum absolute atomic E-state index is 14.2. The predicted molar refractivity (Wildman–Crippen MR) is 170 cm³/mol. The molecule has 0 aromatic heterocycles. The highest BCUT2D eigenvalue weighted by Gasteiger charge is 2.49. The minimum absolute atomic E-state index is 0.115. The molecule has 2 N–H and O–H groups in total. The van der Waals surface area contributed by atoms with Crippen LogP contribution in [0, 0.1) is 23.1 Å². The van der Waals surface area contributed by atoms with E-state index >= 15 is 0 Å². The van der Waals surface area contributed by atoms with Crippen molar-refractivity contribution in [2.24, 2.45) is 17.3 Å². The van der Waals surface area contributed by atoms with Crippen LogP contribution in [0.5, 0.6) is 0 Å². The highest BCUT2D eigenvalue weighted by atomic mass is 19.1. The van der Waals surface area contributed by atoms with Gasteiger partial charge in [-0.2, -0.15) is 0 Å². The number of piperidine rings is 1. The van der Waals surface area contributed by atoms with Gasteiger partial charge in [0.1, 0.15) is 17.9 Å². The number of carbonyl (C=O) groups excluding carboxylic acids is 3. The van der Waals surface area contributed by atoms with Crippen LogP contribution < -0.4 is 10.6 Å². The van der Waals surface area contributed by atoms with Crippen LogP contribution in [0.4, 0.5) is 4.39 Å². The monoisotopic (exact) mass is 611 g/mol. The van der Waals surface area contributed by atoms with Gasteiger partial charge in [-0.15, -0.1) is 0 Å². The van der Waals surface area contributed by atoms with Gasteiger partial charge in [-0.05, 0) is 76.0 Å². The Hall–Kier alpha value is -2.52. The molecule has 5 fully saturated rings. The van der Waals surface area contributed by atoms with Gasteiger partial charge in [0.25, 0.3) is 0 Å². The molecular formula is C35H54FN5O3. The fourth-order valence-electron chi connectivity index (χ4n) is 8.21. The van der Waals surface area contributed by atoms with Crippen LogP contribution in [0.15, 0.2) is 24.3 Å². The summed E-state index contributed by atoms with van der Waals surface area (Å²) in [7, 11) is 0.